The molecule has 0 aliphatic carbocycles. The van der Waals surface area contributed by atoms with Crippen molar-refractivity contribution in [3.05, 3.63) is 0 Å². The number of carbonyl (C=O) groups excluding carboxylic acids is 1. The van der Waals surface area contributed by atoms with Crippen LogP contribution < -0.4 is 0 Å². The zero-order chi connectivity index (χ0) is 14.4. The molecule has 2 fully saturated rings. The molecule has 6 heteroatoms. The molecule has 2 aliphatic rings. The van der Waals surface area contributed by atoms with E-state index in [0.717, 1.165) is 32.3 Å². The molecular formula is C14H23NO5. The largest absolute Gasteiger partial charge is 0.481 e. The lowest BCUT2D eigenvalue weighted by Gasteiger charge is -2.34. The molecule has 0 radical (unpaired) electrons. The summed E-state index contributed by atoms with van der Waals surface area (Å²) in [5.74, 6) is -0.850. The average Bonchev–Trinajstić information content (AvgIpc) is 2.92. The van der Waals surface area contributed by atoms with E-state index < -0.39 is 5.97 Å². The van der Waals surface area contributed by atoms with Crippen LogP contribution in [-0.2, 0) is 19.1 Å². The fraction of sp³-hybridized carbons (Fsp3) is 0.857. The Labute approximate surface area is 119 Å². The Morgan fingerprint density at radius 2 is 1.90 bits per heavy atom. The van der Waals surface area contributed by atoms with Gasteiger partial charge in [-0.2, -0.15) is 0 Å². The van der Waals surface area contributed by atoms with Gasteiger partial charge in [0, 0.05) is 32.4 Å². The van der Waals surface area contributed by atoms with Gasteiger partial charge in [0.1, 0.15) is 0 Å². The van der Waals surface area contributed by atoms with Crippen molar-refractivity contribution >= 4 is 11.9 Å². The Bertz CT molecular complexity index is 334. The molecular weight excluding hydrogens is 262 g/mol. The summed E-state index contributed by atoms with van der Waals surface area (Å²) in [7, 11) is 0. The van der Waals surface area contributed by atoms with Gasteiger partial charge in [-0.3, -0.25) is 9.59 Å². The second-order valence-corrected chi connectivity index (χ2v) is 5.41. The molecule has 0 aromatic rings. The predicted molar refractivity (Wildman–Crippen MR) is 71.4 cm³/mol. The summed E-state index contributed by atoms with van der Waals surface area (Å²) in [4.78, 5) is 24.9. The highest BCUT2D eigenvalue weighted by Gasteiger charge is 2.29. The minimum Gasteiger partial charge on any atom is -0.481 e. The van der Waals surface area contributed by atoms with Crippen LogP contribution in [-0.4, -0.2) is 60.4 Å². The normalized spacial score (nSPS) is 23.7. The van der Waals surface area contributed by atoms with Crippen molar-refractivity contribution in [2.75, 3.05) is 26.4 Å². The van der Waals surface area contributed by atoms with E-state index in [0.29, 0.717) is 19.6 Å². The third-order valence-corrected chi connectivity index (χ3v) is 3.94. The smallest absolute Gasteiger partial charge is 0.305 e. The van der Waals surface area contributed by atoms with Gasteiger partial charge in [-0.15, -0.1) is 0 Å². The molecule has 0 saturated carbocycles. The summed E-state index contributed by atoms with van der Waals surface area (Å²) in [6.07, 6.45) is 3.88. The number of hydrogen-bond acceptors (Lipinski definition) is 4. The number of carbonyl (C=O) groups is 2. The van der Waals surface area contributed by atoms with Gasteiger partial charge in [-0.05, 0) is 25.7 Å². The molecule has 1 amide bonds. The van der Waals surface area contributed by atoms with Gasteiger partial charge in [-0.1, -0.05) is 0 Å². The second kappa shape index (κ2) is 7.59. The highest BCUT2D eigenvalue weighted by atomic mass is 16.5. The van der Waals surface area contributed by atoms with Crippen molar-refractivity contribution in [2.24, 2.45) is 0 Å². The van der Waals surface area contributed by atoms with Crippen LogP contribution in [0.15, 0.2) is 0 Å². The molecule has 0 spiro atoms. The number of nitrogens with zero attached hydrogens (tertiary/aromatic N) is 1. The average molecular weight is 285 g/mol. The number of amides is 1. The van der Waals surface area contributed by atoms with Crippen LogP contribution in [0.25, 0.3) is 0 Å². The summed E-state index contributed by atoms with van der Waals surface area (Å²) < 4.78 is 10.8. The lowest BCUT2D eigenvalue weighted by molar-refractivity contribution is -0.141. The van der Waals surface area contributed by atoms with Crippen LogP contribution in [0.2, 0.25) is 0 Å². The van der Waals surface area contributed by atoms with Gasteiger partial charge in [0.05, 0.1) is 18.9 Å². The van der Waals surface area contributed by atoms with Crippen molar-refractivity contribution in [1.82, 2.24) is 4.90 Å². The van der Waals surface area contributed by atoms with E-state index in [4.69, 9.17) is 14.6 Å². The standard InChI is InChI=1S/C14H23NO5/c16-13(10-12-2-1-7-20-12)15(6-3-14(17)18)11-4-8-19-9-5-11/h11-12H,1-10H2,(H,17,18)/t12-/m0/s1. The Balaban J connectivity index is 1.91. The highest BCUT2D eigenvalue weighted by molar-refractivity contribution is 5.78. The van der Waals surface area contributed by atoms with Crippen LogP contribution >= 0.6 is 0 Å². The van der Waals surface area contributed by atoms with Gasteiger partial charge >= 0.3 is 5.97 Å². The van der Waals surface area contributed by atoms with E-state index in [1.807, 2.05) is 0 Å². The first-order chi connectivity index (χ1) is 9.66. The Kier molecular flexibility index (Phi) is 5.79. The predicted octanol–water partition coefficient (Wildman–Crippen LogP) is 1.04. The molecule has 1 atom stereocenters. The van der Waals surface area contributed by atoms with Crippen LogP contribution in [0.1, 0.15) is 38.5 Å². The number of rotatable bonds is 6. The summed E-state index contributed by atoms with van der Waals surface area (Å²) in [5, 5.41) is 8.84. The quantitative estimate of drug-likeness (QED) is 0.789. The Morgan fingerprint density at radius 1 is 1.15 bits per heavy atom. The summed E-state index contributed by atoms with van der Waals surface area (Å²) >= 11 is 0. The number of carboxylic acids is 1. The summed E-state index contributed by atoms with van der Waals surface area (Å²) in [6.45, 7) is 2.29. The van der Waals surface area contributed by atoms with Crippen molar-refractivity contribution in [3.8, 4) is 0 Å². The van der Waals surface area contributed by atoms with Crippen molar-refractivity contribution in [1.29, 1.82) is 0 Å². The maximum absolute atomic E-state index is 12.4. The number of aliphatic carboxylic acids is 1. The molecule has 2 rings (SSSR count). The van der Waals surface area contributed by atoms with Crippen LogP contribution in [0.5, 0.6) is 0 Å². The number of carboxylic acid groups (broad SMARTS) is 1. The first kappa shape index (κ1) is 15.3. The van der Waals surface area contributed by atoms with Crippen LogP contribution in [0, 0.1) is 0 Å². The zero-order valence-corrected chi connectivity index (χ0v) is 11.8. The van der Waals surface area contributed by atoms with Crippen LogP contribution in [0.4, 0.5) is 0 Å². The monoisotopic (exact) mass is 285 g/mol. The topological polar surface area (TPSA) is 76.1 Å². The first-order valence-corrected chi connectivity index (χ1v) is 7.37. The number of hydrogen-bond donors (Lipinski definition) is 1. The maximum atomic E-state index is 12.4. The Hall–Kier alpha value is -1.14. The molecule has 1 N–H and O–H groups in total. The fourth-order valence-electron chi connectivity index (χ4n) is 2.84. The molecule has 0 aromatic carbocycles. The van der Waals surface area contributed by atoms with Gasteiger partial charge in [-0.25, -0.2) is 0 Å². The molecule has 20 heavy (non-hydrogen) atoms. The molecule has 0 bridgehead atoms. The highest BCUT2D eigenvalue weighted by Crippen LogP contribution is 2.20. The third kappa shape index (κ3) is 4.45. The number of ether oxygens (including phenoxy) is 2. The lowest BCUT2D eigenvalue weighted by Crippen LogP contribution is -2.45. The minimum atomic E-state index is -0.869. The van der Waals surface area contributed by atoms with Gasteiger partial charge in [0.2, 0.25) is 5.91 Å². The lowest BCUT2D eigenvalue weighted by atomic mass is 10.0. The summed E-state index contributed by atoms with van der Waals surface area (Å²) in [6, 6.07) is 0.108. The zero-order valence-electron chi connectivity index (χ0n) is 11.8. The van der Waals surface area contributed by atoms with Gasteiger partial charge in [0.25, 0.3) is 0 Å². The second-order valence-electron chi connectivity index (χ2n) is 5.41. The minimum absolute atomic E-state index is 0.00534. The maximum Gasteiger partial charge on any atom is 0.305 e. The molecule has 2 heterocycles. The van der Waals surface area contributed by atoms with E-state index in [1.54, 1.807) is 4.90 Å². The van der Waals surface area contributed by atoms with Crippen molar-refractivity contribution in [3.63, 3.8) is 0 Å². The molecule has 2 saturated heterocycles. The van der Waals surface area contributed by atoms with E-state index in [-0.39, 0.29) is 31.0 Å². The molecule has 114 valence electrons. The van der Waals surface area contributed by atoms with E-state index >= 15 is 0 Å². The first-order valence-electron chi connectivity index (χ1n) is 7.37. The van der Waals surface area contributed by atoms with Crippen molar-refractivity contribution < 1.29 is 24.2 Å². The molecule has 6 nitrogen and oxygen atoms in total. The van der Waals surface area contributed by atoms with E-state index in [9.17, 15) is 9.59 Å². The van der Waals surface area contributed by atoms with E-state index in [1.165, 1.54) is 0 Å². The third-order valence-electron chi connectivity index (χ3n) is 3.94. The van der Waals surface area contributed by atoms with Crippen molar-refractivity contribution in [2.45, 2.75) is 50.7 Å². The summed E-state index contributed by atoms with van der Waals surface area (Å²) in [5.41, 5.74) is 0. The molecule has 2 aliphatic heterocycles. The van der Waals surface area contributed by atoms with Gasteiger partial charge in [0.15, 0.2) is 0 Å². The Morgan fingerprint density at radius 3 is 2.50 bits per heavy atom. The van der Waals surface area contributed by atoms with Gasteiger partial charge < -0.3 is 19.5 Å². The molecule has 0 unspecified atom stereocenters. The van der Waals surface area contributed by atoms with E-state index in [2.05, 4.69) is 0 Å². The fourth-order valence-corrected chi connectivity index (χ4v) is 2.84. The molecule has 0 aromatic heterocycles. The van der Waals surface area contributed by atoms with Crippen LogP contribution in [0.3, 0.4) is 0 Å². The SMILES string of the molecule is O=C(O)CCN(C(=O)C[C@@H]1CCCO1)C1CCOCC1.